The summed E-state index contributed by atoms with van der Waals surface area (Å²) in [6.45, 7) is 6.20. The average Bonchev–Trinajstić information content (AvgIpc) is 2.45. The molecule has 1 unspecified atom stereocenters. The number of aliphatic hydroxyl groups excluding tert-OH is 1. The summed E-state index contributed by atoms with van der Waals surface area (Å²) in [6, 6.07) is 14.1. The highest BCUT2D eigenvalue weighted by molar-refractivity contribution is 5.82. The summed E-state index contributed by atoms with van der Waals surface area (Å²) in [7, 11) is 0. The van der Waals surface area contributed by atoms with Gasteiger partial charge in [0.1, 0.15) is 6.10 Å². The first-order valence-electron chi connectivity index (χ1n) is 7.17. The maximum Gasteiger partial charge on any atom is 0.105 e. The lowest BCUT2D eigenvalue weighted by Crippen LogP contribution is -2.06. The van der Waals surface area contributed by atoms with E-state index in [1.54, 1.807) is 6.20 Å². The fourth-order valence-electron chi connectivity index (χ4n) is 3.14. The number of aryl methyl sites for hydroxylation is 3. The molecular weight excluding hydrogens is 258 g/mol. The molecule has 106 valence electrons. The van der Waals surface area contributed by atoms with Gasteiger partial charge in [-0.15, -0.1) is 0 Å². The standard InChI is InChI=1S/C19H19NO/c1-12-10-13(2)18(14(3)11-12)19(21)16-6-4-8-17-15(16)7-5-9-20-17/h4-11,19,21H,1-3H3. The third-order valence-electron chi connectivity index (χ3n) is 3.99. The highest BCUT2D eigenvalue weighted by Crippen LogP contribution is 2.32. The first kappa shape index (κ1) is 13.8. The number of fused-ring (bicyclic) bond motifs is 1. The second-order valence-electron chi connectivity index (χ2n) is 5.63. The minimum Gasteiger partial charge on any atom is -0.384 e. The molecule has 1 heterocycles. The van der Waals surface area contributed by atoms with Crippen LogP contribution in [0.4, 0.5) is 0 Å². The van der Waals surface area contributed by atoms with Crippen LogP contribution in [0.15, 0.2) is 48.7 Å². The molecule has 0 amide bonds. The zero-order chi connectivity index (χ0) is 15.0. The fourth-order valence-corrected chi connectivity index (χ4v) is 3.14. The molecule has 0 aliphatic carbocycles. The summed E-state index contributed by atoms with van der Waals surface area (Å²) < 4.78 is 0. The van der Waals surface area contributed by atoms with E-state index in [1.165, 1.54) is 5.56 Å². The maximum absolute atomic E-state index is 10.9. The fraction of sp³-hybridized carbons (Fsp3) is 0.211. The lowest BCUT2D eigenvalue weighted by Gasteiger charge is -2.19. The number of hydrogen-bond acceptors (Lipinski definition) is 2. The van der Waals surface area contributed by atoms with E-state index in [9.17, 15) is 5.11 Å². The highest BCUT2D eigenvalue weighted by atomic mass is 16.3. The molecule has 21 heavy (non-hydrogen) atoms. The Morgan fingerprint density at radius 1 is 0.952 bits per heavy atom. The Balaban J connectivity index is 2.20. The number of benzene rings is 2. The summed E-state index contributed by atoms with van der Waals surface area (Å²) in [5.41, 5.74) is 6.30. The number of rotatable bonds is 2. The van der Waals surface area contributed by atoms with Crippen LogP contribution in [0.3, 0.4) is 0 Å². The van der Waals surface area contributed by atoms with Crippen molar-refractivity contribution in [2.45, 2.75) is 26.9 Å². The van der Waals surface area contributed by atoms with Crippen molar-refractivity contribution in [1.29, 1.82) is 0 Å². The second kappa shape index (κ2) is 5.30. The third-order valence-corrected chi connectivity index (χ3v) is 3.99. The van der Waals surface area contributed by atoms with E-state index < -0.39 is 6.10 Å². The van der Waals surface area contributed by atoms with E-state index in [4.69, 9.17) is 0 Å². The maximum atomic E-state index is 10.9. The molecule has 0 spiro atoms. The Labute approximate surface area is 125 Å². The summed E-state index contributed by atoms with van der Waals surface area (Å²) >= 11 is 0. The molecule has 3 aromatic rings. The van der Waals surface area contributed by atoms with E-state index in [2.05, 4.69) is 37.9 Å². The summed E-state index contributed by atoms with van der Waals surface area (Å²) in [5.74, 6) is 0. The van der Waals surface area contributed by atoms with Crippen LogP contribution in [0.25, 0.3) is 10.9 Å². The number of hydrogen-bond donors (Lipinski definition) is 1. The predicted octanol–water partition coefficient (Wildman–Crippen LogP) is 4.24. The van der Waals surface area contributed by atoms with Crippen LogP contribution in [0.2, 0.25) is 0 Å². The SMILES string of the molecule is Cc1cc(C)c(C(O)c2cccc3ncccc23)c(C)c1. The van der Waals surface area contributed by atoms with E-state index in [-0.39, 0.29) is 0 Å². The van der Waals surface area contributed by atoms with Crippen LogP contribution in [-0.4, -0.2) is 10.1 Å². The first-order chi connectivity index (χ1) is 10.1. The third kappa shape index (κ3) is 2.43. The quantitative estimate of drug-likeness (QED) is 0.760. The van der Waals surface area contributed by atoms with Crippen molar-refractivity contribution in [3.8, 4) is 0 Å². The van der Waals surface area contributed by atoms with Gasteiger partial charge in [-0.3, -0.25) is 4.98 Å². The number of aliphatic hydroxyl groups is 1. The van der Waals surface area contributed by atoms with Crippen molar-refractivity contribution in [2.75, 3.05) is 0 Å². The molecule has 0 bridgehead atoms. The van der Waals surface area contributed by atoms with Crippen molar-refractivity contribution in [3.05, 3.63) is 76.5 Å². The van der Waals surface area contributed by atoms with Gasteiger partial charge in [0.15, 0.2) is 0 Å². The number of nitrogens with zero attached hydrogens (tertiary/aromatic N) is 1. The molecule has 3 rings (SSSR count). The van der Waals surface area contributed by atoms with Crippen molar-refractivity contribution in [2.24, 2.45) is 0 Å². The van der Waals surface area contributed by atoms with E-state index in [0.29, 0.717) is 0 Å². The predicted molar refractivity (Wildman–Crippen MR) is 86.5 cm³/mol. The van der Waals surface area contributed by atoms with Gasteiger partial charge in [0.25, 0.3) is 0 Å². The summed E-state index contributed by atoms with van der Waals surface area (Å²) in [4.78, 5) is 4.37. The Morgan fingerprint density at radius 2 is 1.67 bits per heavy atom. The van der Waals surface area contributed by atoms with Crippen LogP contribution in [0.5, 0.6) is 0 Å². The average molecular weight is 277 g/mol. The molecule has 0 aliphatic heterocycles. The Hall–Kier alpha value is -2.19. The van der Waals surface area contributed by atoms with Gasteiger partial charge >= 0.3 is 0 Å². The van der Waals surface area contributed by atoms with Crippen LogP contribution in [0.1, 0.15) is 33.9 Å². The zero-order valence-corrected chi connectivity index (χ0v) is 12.6. The van der Waals surface area contributed by atoms with Gasteiger partial charge < -0.3 is 5.11 Å². The molecule has 1 N–H and O–H groups in total. The lowest BCUT2D eigenvalue weighted by molar-refractivity contribution is 0.220. The Bertz CT molecular complexity index is 779. The van der Waals surface area contributed by atoms with Gasteiger partial charge in [-0.1, -0.05) is 35.9 Å². The van der Waals surface area contributed by atoms with E-state index in [0.717, 1.165) is 33.2 Å². The minimum atomic E-state index is -0.626. The number of aromatic nitrogens is 1. The highest BCUT2D eigenvalue weighted by Gasteiger charge is 2.18. The van der Waals surface area contributed by atoms with Gasteiger partial charge in [-0.25, -0.2) is 0 Å². The van der Waals surface area contributed by atoms with Gasteiger partial charge in [-0.2, -0.15) is 0 Å². The first-order valence-corrected chi connectivity index (χ1v) is 7.17. The van der Waals surface area contributed by atoms with Crippen molar-refractivity contribution >= 4 is 10.9 Å². The van der Waals surface area contributed by atoms with Crippen LogP contribution < -0.4 is 0 Å². The molecule has 0 saturated heterocycles. The molecular formula is C19H19NO. The Morgan fingerprint density at radius 3 is 2.38 bits per heavy atom. The topological polar surface area (TPSA) is 33.1 Å². The van der Waals surface area contributed by atoms with Crippen LogP contribution in [-0.2, 0) is 0 Å². The molecule has 2 aromatic carbocycles. The van der Waals surface area contributed by atoms with E-state index >= 15 is 0 Å². The van der Waals surface area contributed by atoms with Gasteiger partial charge in [-0.05, 0) is 55.2 Å². The zero-order valence-electron chi connectivity index (χ0n) is 12.6. The molecule has 1 aromatic heterocycles. The summed E-state index contributed by atoms with van der Waals surface area (Å²) in [6.07, 6.45) is 1.15. The largest absolute Gasteiger partial charge is 0.384 e. The molecule has 1 atom stereocenters. The van der Waals surface area contributed by atoms with E-state index in [1.807, 2.05) is 30.3 Å². The summed E-state index contributed by atoms with van der Waals surface area (Å²) in [5, 5.41) is 11.9. The number of pyridine rings is 1. The monoisotopic (exact) mass is 277 g/mol. The molecule has 2 nitrogen and oxygen atoms in total. The van der Waals surface area contributed by atoms with Crippen molar-refractivity contribution in [3.63, 3.8) is 0 Å². The minimum absolute atomic E-state index is 0.626. The lowest BCUT2D eigenvalue weighted by atomic mass is 9.90. The van der Waals surface area contributed by atoms with Gasteiger partial charge in [0.05, 0.1) is 5.52 Å². The van der Waals surface area contributed by atoms with Crippen LogP contribution in [0, 0.1) is 20.8 Å². The Kier molecular flexibility index (Phi) is 3.48. The van der Waals surface area contributed by atoms with Crippen molar-refractivity contribution in [1.82, 2.24) is 4.98 Å². The van der Waals surface area contributed by atoms with Crippen molar-refractivity contribution < 1.29 is 5.11 Å². The second-order valence-corrected chi connectivity index (χ2v) is 5.63. The smallest absolute Gasteiger partial charge is 0.105 e. The molecule has 2 heteroatoms. The normalized spacial score (nSPS) is 12.6. The van der Waals surface area contributed by atoms with Gasteiger partial charge in [0, 0.05) is 11.6 Å². The van der Waals surface area contributed by atoms with Gasteiger partial charge in [0.2, 0.25) is 0 Å². The molecule has 0 radical (unpaired) electrons. The molecule has 0 saturated carbocycles. The van der Waals surface area contributed by atoms with Crippen LogP contribution >= 0.6 is 0 Å². The molecule has 0 aliphatic rings. The molecule has 0 fully saturated rings.